The zero-order valence-corrected chi connectivity index (χ0v) is 15.4. The number of benzene rings is 2. The highest BCUT2D eigenvalue weighted by Gasteiger charge is 2.12. The standard InChI is InChI=1S/C21H23ClN2/c1-5-16-12-17(6-8-20(16)22)18-7-9-21(19(13-18)14(2)3)24-11-10-15(4)23-24/h6-14H,5H2,1-4H3. The molecule has 0 aliphatic heterocycles. The second kappa shape index (κ2) is 6.82. The molecule has 0 N–H and O–H groups in total. The highest BCUT2D eigenvalue weighted by atomic mass is 35.5. The van der Waals surface area contributed by atoms with Gasteiger partial charge < -0.3 is 0 Å². The Kier molecular flexibility index (Phi) is 4.77. The molecule has 0 amide bonds. The van der Waals surface area contributed by atoms with Gasteiger partial charge in [-0.25, -0.2) is 4.68 Å². The Hall–Kier alpha value is -2.06. The summed E-state index contributed by atoms with van der Waals surface area (Å²) < 4.78 is 1.97. The largest absolute Gasteiger partial charge is 0.240 e. The summed E-state index contributed by atoms with van der Waals surface area (Å²) in [5.74, 6) is 0.419. The summed E-state index contributed by atoms with van der Waals surface area (Å²) in [5.41, 5.74) is 7.08. The molecule has 3 aromatic rings. The third-order valence-corrected chi connectivity index (χ3v) is 4.75. The van der Waals surface area contributed by atoms with Crippen LogP contribution in [0.5, 0.6) is 0 Å². The summed E-state index contributed by atoms with van der Waals surface area (Å²) >= 11 is 6.26. The first-order valence-electron chi connectivity index (χ1n) is 8.45. The topological polar surface area (TPSA) is 17.8 Å². The predicted octanol–water partition coefficient (Wildman–Crippen LogP) is 6.19. The van der Waals surface area contributed by atoms with Crippen molar-refractivity contribution in [3.8, 4) is 16.8 Å². The Morgan fingerprint density at radius 1 is 1.04 bits per heavy atom. The maximum absolute atomic E-state index is 6.26. The third-order valence-electron chi connectivity index (χ3n) is 4.38. The van der Waals surface area contributed by atoms with Crippen LogP contribution in [0.25, 0.3) is 16.8 Å². The lowest BCUT2D eigenvalue weighted by atomic mass is 9.94. The quantitative estimate of drug-likeness (QED) is 0.554. The van der Waals surface area contributed by atoms with Crippen LogP contribution in [0.1, 0.15) is 43.5 Å². The lowest BCUT2D eigenvalue weighted by Gasteiger charge is -2.15. The number of halogens is 1. The minimum absolute atomic E-state index is 0.419. The Morgan fingerprint density at radius 3 is 2.38 bits per heavy atom. The van der Waals surface area contributed by atoms with Crippen LogP contribution >= 0.6 is 11.6 Å². The maximum atomic E-state index is 6.26. The summed E-state index contributed by atoms with van der Waals surface area (Å²) in [7, 11) is 0. The zero-order valence-electron chi connectivity index (χ0n) is 14.7. The van der Waals surface area contributed by atoms with Crippen molar-refractivity contribution in [3.05, 3.63) is 70.5 Å². The van der Waals surface area contributed by atoms with Gasteiger partial charge in [0.25, 0.3) is 0 Å². The van der Waals surface area contributed by atoms with Crippen LogP contribution in [-0.2, 0) is 6.42 Å². The predicted molar refractivity (Wildman–Crippen MR) is 102 cm³/mol. The van der Waals surface area contributed by atoms with E-state index in [9.17, 15) is 0 Å². The smallest absolute Gasteiger partial charge is 0.0680 e. The highest BCUT2D eigenvalue weighted by Crippen LogP contribution is 2.31. The van der Waals surface area contributed by atoms with Crippen molar-refractivity contribution in [2.45, 2.75) is 40.0 Å². The molecule has 0 bridgehead atoms. The molecule has 2 aromatic carbocycles. The number of hydrogen-bond acceptors (Lipinski definition) is 1. The van der Waals surface area contributed by atoms with Gasteiger partial charge >= 0.3 is 0 Å². The lowest BCUT2D eigenvalue weighted by Crippen LogP contribution is -2.02. The average Bonchev–Trinajstić information content (AvgIpc) is 3.01. The Labute approximate surface area is 149 Å². The lowest BCUT2D eigenvalue weighted by molar-refractivity contribution is 0.802. The second-order valence-electron chi connectivity index (χ2n) is 6.49. The van der Waals surface area contributed by atoms with Gasteiger partial charge in [0.15, 0.2) is 0 Å². The monoisotopic (exact) mass is 338 g/mol. The fraction of sp³-hybridized carbons (Fsp3) is 0.286. The van der Waals surface area contributed by atoms with Crippen molar-refractivity contribution in [1.29, 1.82) is 0 Å². The third kappa shape index (κ3) is 3.25. The molecule has 3 heteroatoms. The van der Waals surface area contributed by atoms with Gasteiger partial charge in [-0.3, -0.25) is 0 Å². The van der Waals surface area contributed by atoms with Crippen molar-refractivity contribution in [3.63, 3.8) is 0 Å². The van der Waals surface area contributed by atoms with Crippen molar-refractivity contribution in [2.75, 3.05) is 0 Å². The molecule has 0 saturated heterocycles. The fourth-order valence-electron chi connectivity index (χ4n) is 2.98. The normalized spacial score (nSPS) is 11.2. The molecule has 0 fully saturated rings. The van der Waals surface area contributed by atoms with E-state index in [1.54, 1.807) is 0 Å². The van der Waals surface area contributed by atoms with Crippen LogP contribution in [0.2, 0.25) is 5.02 Å². The summed E-state index contributed by atoms with van der Waals surface area (Å²) in [6.07, 6.45) is 2.96. The molecule has 0 aliphatic rings. The van der Waals surface area contributed by atoms with E-state index in [1.807, 2.05) is 29.9 Å². The van der Waals surface area contributed by atoms with Crippen molar-refractivity contribution in [1.82, 2.24) is 9.78 Å². The van der Waals surface area contributed by atoms with Gasteiger partial charge in [0.05, 0.1) is 11.4 Å². The molecular formula is C21H23ClN2. The Balaban J connectivity index is 2.10. The summed E-state index contributed by atoms with van der Waals surface area (Å²) in [5, 5.41) is 5.41. The molecule has 0 saturated carbocycles. The van der Waals surface area contributed by atoms with Crippen LogP contribution in [0, 0.1) is 6.92 Å². The number of aromatic nitrogens is 2. The summed E-state index contributed by atoms with van der Waals surface area (Å²) in [6.45, 7) is 8.59. The molecule has 1 aromatic heterocycles. The second-order valence-corrected chi connectivity index (χ2v) is 6.90. The van der Waals surface area contributed by atoms with Gasteiger partial charge in [-0.2, -0.15) is 5.10 Å². The van der Waals surface area contributed by atoms with Gasteiger partial charge in [0, 0.05) is 11.2 Å². The van der Waals surface area contributed by atoms with E-state index in [2.05, 4.69) is 56.2 Å². The van der Waals surface area contributed by atoms with E-state index >= 15 is 0 Å². The van der Waals surface area contributed by atoms with E-state index in [4.69, 9.17) is 11.6 Å². The molecular weight excluding hydrogens is 316 g/mol. The van der Waals surface area contributed by atoms with Crippen molar-refractivity contribution >= 4 is 11.6 Å². The van der Waals surface area contributed by atoms with E-state index in [1.165, 1.54) is 22.3 Å². The minimum atomic E-state index is 0.419. The molecule has 124 valence electrons. The van der Waals surface area contributed by atoms with Gasteiger partial charge in [0.2, 0.25) is 0 Å². The van der Waals surface area contributed by atoms with E-state index < -0.39 is 0 Å². The first kappa shape index (κ1) is 16.8. The highest BCUT2D eigenvalue weighted by molar-refractivity contribution is 6.31. The first-order valence-corrected chi connectivity index (χ1v) is 8.82. The van der Waals surface area contributed by atoms with Gasteiger partial charge in [0.1, 0.15) is 0 Å². The van der Waals surface area contributed by atoms with E-state index in [0.29, 0.717) is 5.92 Å². The molecule has 3 rings (SSSR count). The molecule has 0 spiro atoms. The van der Waals surface area contributed by atoms with Crippen LogP contribution in [0.15, 0.2) is 48.7 Å². The van der Waals surface area contributed by atoms with Crippen LogP contribution in [0.4, 0.5) is 0 Å². The van der Waals surface area contributed by atoms with Crippen molar-refractivity contribution in [2.24, 2.45) is 0 Å². The fourth-order valence-corrected chi connectivity index (χ4v) is 3.23. The van der Waals surface area contributed by atoms with Gasteiger partial charge in [-0.1, -0.05) is 44.5 Å². The van der Waals surface area contributed by atoms with Crippen LogP contribution < -0.4 is 0 Å². The van der Waals surface area contributed by atoms with E-state index in [0.717, 1.165) is 22.8 Å². The number of rotatable bonds is 4. The van der Waals surface area contributed by atoms with Crippen molar-refractivity contribution < 1.29 is 0 Å². The SMILES string of the molecule is CCc1cc(-c2ccc(-n3ccc(C)n3)c(C(C)C)c2)ccc1Cl. The summed E-state index contributed by atoms with van der Waals surface area (Å²) in [6, 6.07) is 14.9. The van der Waals surface area contributed by atoms with Crippen LogP contribution in [-0.4, -0.2) is 9.78 Å². The van der Waals surface area contributed by atoms with Crippen LogP contribution in [0.3, 0.4) is 0 Å². The molecule has 0 aliphatic carbocycles. The molecule has 1 heterocycles. The molecule has 0 radical (unpaired) electrons. The zero-order chi connectivity index (χ0) is 17.3. The molecule has 24 heavy (non-hydrogen) atoms. The molecule has 2 nitrogen and oxygen atoms in total. The van der Waals surface area contributed by atoms with Gasteiger partial charge in [-0.05, 0) is 71.8 Å². The maximum Gasteiger partial charge on any atom is 0.0680 e. The minimum Gasteiger partial charge on any atom is -0.240 e. The van der Waals surface area contributed by atoms with Gasteiger partial charge in [-0.15, -0.1) is 0 Å². The average molecular weight is 339 g/mol. The van der Waals surface area contributed by atoms with E-state index in [-0.39, 0.29) is 0 Å². The summed E-state index contributed by atoms with van der Waals surface area (Å²) in [4.78, 5) is 0. The number of hydrogen-bond donors (Lipinski definition) is 0. The molecule has 0 unspecified atom stereocenters. The number of aryl methyl sites for hydroxylation is 2. The first-order chi connectivity index (χ1) is 11.5. The number of nitrogens with zero attached hydrogens (tertiary/aromatic N) is 2. The Morgan fingerprint density at radius 2 is 1.75 bits per heavy atom. The Bertz CT molecular complexity index is 862. The molecule has 0 atom stereocenters.